The topological polar surface area (TPSA) is 73.6 Å². The largest absolute Gasteiger partial charge is 0.480 e. The minimum absolute atomic E-state index is 0.194. The molecule has 1 saturated carbocycles. The van der Waals surface area contributed by atoms with Gasteiger partial charge in [0.2, 0.25) is 6.79 Å². The number of aromatic nitrogens is 2. The van der Waals surface area contributed by atoms with Gasteiger partial charge in [0.15, 0.2) is 11.5 Å². The molecule has 2 aliphatic rings. The van der Waals surface area contributed by atoms with Gasteiger partial charge in [-0.25, -0.2) is 9.78 Å². The van der Waals surface area contributed by atoms with E-state index in [1.54, 1.807) is 13.8 Å². The summed E-state index contributed by atoms with van der Waals surface area (Å²) >= 11 is 0. The Balaban J connectivity index is 2.01. The van der Waals surface area contributed by atoms with Gasteiger partial charge in [-0.3, -0.25) is 0 Å². The second-order valence-electron chi connectivity index (χ2n) is 6.14. The molecule has 0 radical (unpaired) electrons. The van der Waals surface area contributed by atoms with Crippen LogP contribution >= 0.6 is 0 Å². The summed E-state index contributed by atoms with van der Waals surface area (Å²) in [5, 5.41) is 9.59. The van der Waals surface area contributed by atoms with E-state index in [1.165, 1.54) is 0 Å². The van der Waals surface area contributed by atoms with Crippen LogP contribution in [0.1, 0.15) is 38.4 Å². The molecule has 110 valence electrons. The summed E-state index contributed by atoms with van der Waals surface area (Å²) in [5.74, 6) is 1.64. The zero-order chi connectivity index (χ0) is 14.8. The number of benzene rings is 1. The maximum Gasteiger partial charge on any atom is 0.329 e. The standard InChI is InChI=1S/C15H16N2O4/c1-15(2,14(18)19)17-10-6-12-11(20-7-21-12)5-9(10)16-13(17)8-3-4-8/h5-6,8H,3-4,7H2,1-2H3,(H,18,19). The number of nitrogens with zero attached hydrogens (tertiary/aromatic N) is 2. The summed E-state index contributed by atoms with van der Waals surface area (Å²) < 4.78 is 12.6. The maximum absolute atomic E-state index is 11.7. The molecule has 1 aromatic heterocycles. The second kappa shape index (κ2) is 3.90. The quantitative estimate of drug-likeness (QED) is 0.939. The van der Waals surface area contributed by atoms with Crippen molar-refractivity contribution in [2.45, 2.75) is 38.1 Å². The average molecular weight is 288 g/mol. The fourth-order valence-electron chi connectivity index (χ4n) is 2.78. The fourth-order valence-corrected chi connectivity index (χ4v) is 2.78. The van der Waals surface area contributed by atoms with E-state index in [2.05, 4.69) is 4.98 Å². The highest BCUT2D eigenvalue weighted by Gasteiger charge is 2.39. The second-order valence-corrected chi connectivity index (χ2v) is 6.14. The van der Waals surface area contributed by atoms with Gasteiger partial charge in [0.25, 0.3) is 0 Å². The highest BCUT2D eigenvalue weighted by Crippen LogP contribution is 2.45. The molecule has 0 atom stereocenters. The van der Waals surface area contributed by atoms with Crippen LogP contribution in [0.3, 0.4) is 0 Å². The number of imidazole rings is 1. The molecule has 0 saturated heterocycles. The van der Waals surface area contributed by atoms with Crippen LogP contribution in [0.5, 0.6) is 11.5 Å². The van der Waals surface area contributed by atoms with Crippen molar-refractivity contribution >= 4 is 17.0 Å². The van der Waals surface area contributed by atoms with Gasteiger partial charge in [-0.15, -0.1) is 0 Å². The van der Waals surface area contributed by atoms with E-state index in [-0.39, 0.29) is 6.79 Å². The maximum atomic E-state index is 11.7. The molecule has 0 spiro atoms. The van der Waals surface area contributed by atoms with Gasteiger partial charge >= 0.3 is 5.97 Å². The van der Waals surface area contributed by atoms with Gasteiger partial charge in [0.1, 0.15) is 11.4 Å². The third-order valence-corrected chi connectivity index (χ3v) is 4.20. The van der Waals surface area contributed by atoms with Crippen LogP contribution in [-0.2, 0) is 10.3 Å². The molecule has 2 heterocycles. The predicted octanol–water partition coefficient (Wildman–Crippen LogP) is 2.46. The van der Waals surface area contributed by atoms with Crippen molar-refractivity contribution in [2.24, 2.45) is 0 Å². The first-order chi connectivity index (χ1) is 9.98. The smallest absolute Gasteiger partial charge is 0.329 e. The summed E-state index contributed by atoms with van der Waals surface area (Å²) in [6.07, 6.45) is 2.12. The fraction of sp³-hybridized carbons (Fsp3) is 0.467. The zero-order valence-corrected chi connectivity index (χ0v) is 11.9. The molecule has 6 heteroatoms. The molecular weight excluding hydrogens is 272 g/mol. The molecule has 1 fully saturated rings. The summed E-state index contributed by atoms with van der Waals surface area (Å²) in [7, 11) is 0. The van der Waals surface area contributed by atoms with E-state index in [4.69, 9.17) is 9.47 Å². The minimum atomic E-state index is -1.06. The Bertz CT molecular complexity index is 759. The first-order valence-corrected chi connectivity index (χ1v) is 7.04. The van der Waals surface area contributed by atoms with E-state index in [1.807, 2.05) is 16.7 Å². The first-order valence-electron chi connectivity index (χ1n) is 7.04. The number of hydrogen-bond acceptors (Lipinski definition) is 4. The van der Waals surface area contributed by atoms with E-state index >= 15 is 0 Å². The lowest BCUT2D eigenvalue weighted by Gasteiger charge is -2.24. The zero-order valence-electron chi connectivity index (χ0n) is 11.9. The summed E-state index contributed by atoms with van der Waals surface area (Å²) in [6, 6.07) is 3.67. The van der Waals surface area contributed by atoms with Crippen LogP contribution in [0.2, 0.25) is 0 Å². The average Bonchev–Trinajstić information content (AvgIpc) is 3.06. The van der Waals surface area contributed by atoms with Gasteiger partial charge in [-0.2, -0.15) is 0 Å². The summed E-state index contributed by atoms with van der Waals surface area (Å²) in [6.45, 7) is 3.60. The molecular formula is C15H16N2O4. The molecule has 6 nitrogen and oxygen atoms in total. The van der Waals surface area contributed by atoms with Gasteiger partial charge in [0, 0.05) is 18.1 Å². The van der Waals surface area contributed by atoms with Crippen LogP contribution < -0.4 is 9.47 Å². The van der Waals surface area contributed by atoms with Gasteiger partial charge < -0.3 is 19.1 Å². The Morgan fingerprint density at radius 3 is 2.62 bits per heavy atom. The lowest BCUT2D eigenvalue weighted by atomic mass is 10.0. The molecule has 1 aromatic carbocycles. The Morgan fingerprint density at radius 2 is 2.00 bits per heavy atom. The molecule has 0 bridgehead atoms. The Hall–Kier alpha value is -2.24. The number of carboxylic acid groups (broad SMARTS) is 1. The predicted molar refractivity (Wildman–Crippen MR) is 74.8 cm³/mol. The molecule has 2 aromatic rings. The van der Waals surface area contributed by atoms with Gasteiger partial charge in [0.05, 0.1) is 11.0 Å². The van der Waals surface area contributed by atoms with Crippen molar-refractivity contribution in [3.63, 3.8) is 0 Å². The Labute approximate surface area is 121 Å². The summed E-state index contributed by atoms with van der Waals surface area (Å²) in [5.41, 5.74) is 0.490. The highest BCUT2D eigenvalue weighted by atomic mass is 16.7. The molecule has 0 unspecified atom stereocenters. The third-order valence-electron chi connectivity index (χ3n) is 4.20. The van der Waals surface area contributed by atoms with Gasteiger partial charge in [-0.05, 0) is 26.7 Å². The van der Waals surface area contributed by atoms with Crippen LogP contribution in [0.25, 0.3) is 11.0 Å². The van der Waals surface area contributed by atoms with Crippen molar-refractivity contribution in [3.05, 3.63) is 18.0 Å². The summed E-state index contributed by atoms with van der Waals surface area (Å²) in [4.78, 5) is 16.4. The molecule has 0 amide bonds. The van der Waals surface area contributed by atoms with Crippen molar-refractivity contribution in [1.82, 2.24) is 9.55 Å². The number of rotatable bonds is 3. The molecule has 21 heavy (non-hydrogen) atoms. The molecule has 1 N–H and O–H groups in total. The van der Waals surface area contributed by atoms with Crippen LogP contribution in [-0.4, -0.2) is 27.4 Å². The number of ether oxygens (including phenoxy) is 2. The third kappa shape index (κ3) is 1.71. The van der Waals surface area contributed by atoms with Crippen molar-refractivity contribution < 1.29 is 19.4 Å². The first kappa shape index (κ1) is 12.5. The lowest BCUT2D eigenvalue weighted by Crippen LogP contribution is -2.36. The SMILES string of the molecule is CC(C)(C(=O)O)n1c(C2CC2)nc2cc3c(cc21)OCO3. The Morgan fingerprint density at radius 1 is 1.33 bits per heavy atom. The minimum Gasteiger partial charge on any atom is -0.480 e. The van der Waals surface area contributed by atoms with Crippen LogP contribution in [0, 0.1) is 0 Å². The number of carboxylic acids is 1. The number of hydrogen-bond donors (Lipinski definition) is 1. The molecule has 1 aliphatic carbocycles. The number of fused-ring (bicyclic) bond motifs is 2. The Kier molecular flexibility index (Phi) is 2.32. The van der Waals surface area contributed by atoms with E-state index in [0.29, 0.717) is 17.4 Å². The van der Waals surface area contributed by atoms with Crippen LogP contribution in [0.15, 0.2) is 12.1 Å². The van der Waals surface area contributed by atoms with E-state index in [9.17, 15) is 9.90 Å². The van der Waals surface area contributed by atoms with Gasteiger partial charge in [-0.1, -0.05) is 0 Å². The molecule has 4 rings (SSSR count). The van der Waals surface area contributed by atoms with Crippen molar-refractivity contribution in [3.8, 4) is 11.5 Å². The normalized spacial score (nSPS) is 17.4. The van der Waals surface area contributed by atoms with E-state index < -0.39 is 11.5 Å². The van der Waals surface area contributed by atoms with Crippen LogP contribution in [0.4, 0.5) is 0 Å². The molecule has 1 aliphatic heterocycles. The number of carbonyl (C=O) groups is 1. The number of aliphatic carboxylic acids is 1. The van der Waals surface area contributed by atoms with Crippen molar-refractivity contribution in [1.29, 1.82) is 0 Å². The monoisotopic (exact) mass is 288 g/mol. The highest BCUT2D eigenvalue weighted by molar-refractivity contribution is 5.85. The van der Waals surface area contributed by atoms with E-state index in [0.717, 1.165) is 29.7 Å². The van der Waals surface area contributed by atoms with Crippen molar-refractivity contribution in [2.75, 3.05) is 6.79 Å². The lowest BCUT2D eigenvalue weighted by molar-refractivity contribution is -0.145.